The monoisotopic (exact) mass is 255 g/mol. The molecule has 0 aliphatic carbocycles. The van der Waals surface area contributed by atoms with Crippen molar-refractivity contribution >= 4 is 17.3 Å². The Balaban J connectivity index is 2.23. The highest BCUT2D eigenvalue weighted by Crippen LogP contribution is 2.18. The molecule has 0 atom stereocenters. The molecule has 4 heteroatoms. The highest BCUT2D eigenvalue weighted by molar-refractivity contribution is 6.08. The van der Waals surface area contributed by atoms with Crippen LogP contribution >= 0.6 is 0 Å². The number of nitrogens with one attached hydrogen (secondary N) is 2. The number of aromatic nitrogens is 1. The van der Waals surface area contributed by atoms with E-state index in [1.54, 1.807) is 18.3 Å². The van der Waals surface area contributed by atoms with E-state index in [-0.39, 0.29) is 5.91 Å². The standard InChI is InChI=1S/C15H17N3O/c1-3-16-14-8-5-4-7-12(14)15(19)18-13-9-6-10-17-11(13)2/h4-10,16H,3H2,1-2H3,(H,18,19). The Morgan fingerprint density at radius 2 is 1.89 bits per heavy atom. The Morgan fingerprint density at radius 3 is 2.63 bits per heavy atom. The van der Waals surface area contributed by atoms with Crippen LogP contribution in [0.3, 0.4) is 0 Å². The first-order valence-electron chi connectivity index (χ1n) is 6.28. The van der Waals surface area contributed by atoms with Crippen LogP contribution in [0.5, 0.6) is 0 Å². The smallest absolute Gasteiger partial charge is 0.257 e. The topological polar surface area (TPSA) is 54.0 Å². The molecule has 19 heavy (non-hydrogen) atoms. The average molecular weight is 255 g/mol. The largest absolute Gasteiger partial charge is 0.385 e. The number of rotatable bonds is 4. The average Bonchev–Trinajstić information content (AvgIpc) is 2.42. The molecule has 1 aromatic heterocycles. The van der Waals surface area contributed by atoms with Crippen LogP contribution in [-0.4, -0.2) is 17.4 Å². The van der Waals surface area contributed by atoms with Crippen molar-refractivity contribution in [1.82, 2.24) is 4.98 Å². The number of para-hydroxylation sites is 1. The van der Waals surface area contributed by atoms with E-state index in [2.05, 4.69) is 15.6 Å². The van der Waals surface area contributed by atoms with Gasteiger partial charge < -0.3 is 10.6 Å². The van der Waals surface area contributed by atoms with Gasteiger partial charge in [-0.2, -0.15) is 0 Å². The van der Waals surface area contributed by atoms with E-state index >= 15 is 0 Å². The molecule has 0 radical (unpaired) electrons. The Bertz CT molecular complexity index is 581. The van der Waals surface area contributed by atoms with Crippen LogP contribution in [0.2, 0.25) is 0 Å². The zero-order valence-electron chi connectivity index (χ0n) is 11.1. The lowest BCUT2D eigenvalue weighted by Crippen LogP contribution is -2.15. The first-order chi connectivity index (χ1) is 9.22. The van der Waals surface area contributed by atoms with Crippen LogP contribution in [0.4, 0.5) is 11.4 Å². The SMILES string of the molecule is CCNc1ccccc1C(=O)Nc1cccnc1C. The van der Waals surface area contributed by atoms with Crippen LogP contribution in [0.15, 0.2) is 42.6 Å². The second-order valence-corrected chi connectivity index (χ2v) is 4.17. The van der Waals surface area contributed by atoms with E-state index in [9.17, 15) is 4.79 Å². The zero-order chi connectivity index (χ0) is 13.7. The number of carbonyl (C=O) groups is 1. The van der Waals surface area contributed by atoms with Crippen molar-refractivity contribution < 1.29 is 4.79 Å². The van der Waals surface area contributed by atoms with Crippen molar-refractivity contribution in [2.24, 2.45) is 0 Å². The van der Waals surface area contributed by atoms with Gasteiger partial charge in [-0.15, -0.1) is 0 Å². The normalized spacial score (nSPS) is 10.0. The molecule has 98 valence electrons. The van der Waals surface area contributed by atoms with Gasteiger partial charge in [-0.3, -0.25) is 9.78 Å². The summed E-state index contributed by atoms with van der Waals surface area (Å²) in [6.45, 7) is 4.64. The molecule has 2 rings (SSSR count). The minimum absolute atomic E-state index is 0.132. The van der Waals surface area contributed by atoms with Gasteiger partial charge in [0.2, 0.25) is 0 Å². The van der Waals surface area contributed by atoms with E-state index in [4.69, 9.17) is 0 Å². The fourth-order valence-electron chi connectivity index (χ4n) is 1.83. The fourth-order valence-corrected chi connectivity index (χ4v) is 1.83. The molecule has 0 spiro atoms. The number of hydrogen-bond acceptors (Lipinski definition) is 3. The minimum atomic E-state index is -0.132. The number of hydrogen-bond donors (Lipinski definition) is 2. The third-order valence-corrected chi connectivity index (χ3v) is 2.79. The van der Waals surface area contributed by atoms with Crippen LogP contribution < -0.4 is 10.6 Å². The van der Waals surface area contributed by atoms with Gasteiger partial charge in [-0.1, -0.05) is 12.1 Å². The second-order valence-electron chi connectivity index (χ2n) is 4.17. The molecule has 2 N–H and O–H groups in total. The number of amides is 1. The Hall–Kier alpha value is -2.36. The summed E-state index contributed by atoms with van der Waals surface area (Å²) in [4.78, 5) is 16.4. The third-order valence-electron chi connectivity index (χ3n) is 2.79. The van der Waals surface area contributed by atoms with Gasteiger partial charge in [-0.25, -0.2) is 0 Å². The van der Waals surface area contributed by atoms with E-state index < -0.39 is 0 Å². The Labute approximate surface area is 112 Å². The predicted octanol–water partition coefficient (Wildman–Crippen LogP) is 3.07. The van der Waals surface area contributed by atoms with Crippen molar-refractivity contribution in [3.05, 3.63) is 53.9 Å². The third kappa shape index (κ3) is 3.10. The summed E-state index contributed by atoms with van der Waals surface area (Å²) in [5.74, 6) is -0.132. The summed E-state index contributed by atoms with van der Waals surface area (Å²) >= 11 is 0. The van der Waals surface area contributed by atoms with Crippen molar-refractivity contribution in [2.45, 2.75) is 13.8 Å². The molecular weight excluding hydrogens is 238 g/mol. The molecule has 0 fully saturated rings. The molecule has 0 bridgehead atoms. The van der Waals surface area contributed by atoms with Crippen molar-refractivity contribution in [3.63, 3.8) is 0 Å². The molecule has 0 aliphatic heterocycles. The molecule has 2 aromatic rings. The lowest BCUT2D eigenvalue weighted by molar-refractivity contribution is 0.102. The summed E-state index contributed by atoms with van der Waals surface area (Å²) in [7, 11) is 0. The van der Waals surface area contributed by atoms with Crippen molar-refractivity contribution in [2.75, 3.05) is 17.2 Å². The quantitative estimate of drug-likeness (QED) is 0.882. The molecule has 0 saturated carbocycles. The van der Waals surface area contributed by atoms with Gasteiger partial charge in [0.1, 0.15) is 0 Å². The lowest BCUT2D eigenvalue weighted by atomic mass is 10.1. The number of anilines is 2. The molecule has 1 aromatic carbocycles. The fraction of sp³-hybridized carbons (Fsp3) is 0.200. The lowest BCUT2D eigenvalue weighted by Gasteiger charge is -2.11. The summed E-state index contributed by atoms with van der Waals surface area (Å²) in [6.07, 6.45) is 1.71. The number of pyridine rings is 1. The minimum Gasteiger partial charge on any atom is -0.385 e. The van der Waals surface area contributed by atoms with Gasteiger partial charge >= 0.3 is 0 Å². The van der Waals surface area contributed by atoms with E-state index in [0.717, 1.165) is 23.6 Å². The number of nitrogens with zero attached hydrogens (tertiary/aromatic N) is 1. The maximum atomic E-state index is 12.3. The van der Waals surface area contributed by atoms with Crippen molar-refractivity contribution in [1.29, 1.82) is 0 Å². The Kier molecular flexibility index (Phi) is 4.13. The summed E-state index contributed by atoms with van der Waals surface area (Å²) in [6, 6.07) is 11.1. The number of carbonyl (C=O) groups excluding carboxylic acids is 1. The zero-order valence-corrected chi connectivity index (χ0v) is 11.1. The van der Waals surface area contributed by atoms with Crippen LogP contribution in [0.25, 0.3) is 0 Å². The van der Waals surface area contributed by atoms with Gasteiger partial charge in [0.15, 0.2) is 0 Å². The van der Waals surface area contributed by atoms with Crippen LogP contribution in [0, 0.1) is 6.92 Å². The molecule has 0 saturated heterocycles. The van der Waals surface area contributed by atoms with Crippen molar-refractivity contribution in [3.8, 4) is 0 Å². The molecule has 1 heterocycles. The molecular formula is C15H17N3O. The first-order valence-corrected chi connectivity index (χ1v) is 6.28. The van der Waals surface area contributed by atoms with Gasteiger partial charge in [-0.05, 0) is 38.1 Å². The first kappa shape index (κ1) is 13.1. The van der Waals surface area contributed by atoms with Crippen LogP contribution in [-0.2, 0) is 0 Å². The summed E-state index contributed by atoms with van der Waals surface area (Å²) in [5, 5.41) is 6.06. The van der Waals surface area contributed by atoms with Gasteiger partial charge in [0.05, 0.1) is 16.9 Å². The Morgan fingerprint density at radius 1 is 1.16 bits per heavy atom. The second kappa shape index (κ2) is 6.00. The summed E-state index contributed by atoms with van der Waals surface area (Å²) in [5.41, 5.74) is 3.01. The molecule has 0 unspecified atom stereocenters. The van der Waals surface area contributed by atoms with E-state index in [0.29, 0.717) is 5.56 Å². The predicted molar refractivity (Wildman–Crippen MR) is 77.5 cm³/mol. The highest BCUT2D eigenvalue weighted by Gasteiger charge is 2.11. The number of benzene rings is 1. The van der Waals surface area contributed by atoms with Gasteiger partial charge in [0, 0.05) is 18.4 Å². The summed E-state index contributed by atoms with van der Waals surface area (Å²) < 4.78 is 0. The maximum Gasteiger partial charge on any atom is 0.257 e. The van der Waals surface area contributed by atoms with E-state index in [1.807, 2.05) is 38.1 Å². The van der Waals surface area contributed by atoms with Gasteiger partial charge in [0.25, 0.3) is 5.91 Å². The van der Waals surface area contributed by atoms with Crippen LogP contribution in [0.1, 0.15) is 23.0 Å². The molecule has 4 nitrogen and oxygen atoms in total. The highest BCUT2D eigenvalue weighted by atomic mass is 16.1. The number of aryl methyl sites for hydroxylation is 1. The molecule has 1 amide bonds. The molecule has 0 aliphatic rings. The maximum absolute atomic E-state index is 12.3. The van der Waals surface area contributed by atoms with E-state index in [1.165, 1.54) is 0 Å².